The molecule has 0 unspecified atom stereocenters. The van der Waals surface area contributed by atoms with Gasteiger partial charge in [0.2, 0.25) is 0 Å². The van der Waals surface area contributed by atoms with Gasteiger partial charge in [0.1, 0.15) is 0 Å². The molecule has 1 heterocycles. The van der Waals surface area contributed by atoms with Crippen molar-refractivity contribution in [3.8, 4) is 0 Å². The third-order valence-electron chi connectivity index (χ3n) is 1.59. The van der Waals surface area contributed by atoms with Crippen LogP contribution in [-0.2, 0) is 0 Å². The quantitative estimate of drug-likeness (QED) is 0.302. The Morgan fingerprint density at radius 2 is 1.20 bits per heavy atom. The van der Waals surface area contributed by atoms with Crippen LogP contribution < -0.4 is 0 Å². The Morgan fingerprint density at radius 3 is 1.40 bits per heavy atom. The third-order valence-corrected chi connectivity index (χ3v) is 3.76. The zero-order valence-corrected chi connectivity index (χ0v) is 6.61. The van der Waals surface area contributed by atoms with Crippen molar-refractivity contribution in [1.29, 1.82) is 0 Å². The fourth-order valence-corrected chi connectivity index (χ4v) is 2.85. The van der Waals surface area contributed by atoms with Gasteiger partial charge < -0.3 is 0 Å². The molecule has 0 atom stereocenters. The maximum absolute atomic E-state index is 12.3. The van der Waals surface area contributed by atoms with Crippen molar-refractivity contribution < 1.29 is 17.6 Å². The summed E-state index contributed by atoms with van der Waals surface area (Å²) in [5.74, 6) is 0. The molecule has 1 aliphatic heterocycles. The molecule has 0 aromatic rings. The van der Waals surface area contributed by atoms with Gasteiger partial charge in [-0.1, -0.05) is 19.3 Å². The SMILES string of the molecule is F.F.F[Si]1(F)CCCCC1. The molecule has 0 spiro atoms. The Morgan fingerprint density at radius 1 is 0.800 bits per heavy atom. The van der Waals surface area contributed by atoms with E-state index in [1.807, 2.05) is 0 Å². The van der Waals surface area contributed by atoms with Gasteiger partial charge in [-0.3, -0.25) is 17.6 Å². The Labute approximate surface area is 58.7 Å². The molecule has 1 rings (SSSR count). The predicted octanol–water partition coefficient (Wildman–Crippen LogP) is 2.86. The summed E-state index contributed by atoms with van der Waals surface area (Å²) >= 11 is 0. The first kappa shape index (κ1) is 12.6. The second-order valence-electron chi connectivity index (χ2n) is 2.42. The Bertz CT molecular complexity index is 77.7. The second-order valence-corrected chi connectivity index (χ2v) is 5.13. The van der Waals surface area contributed by atoms with E-state index in [1.165, 1.54) is 0 Å². The molecule has 1 fully saturated rings. The van der Waals surface area contributed by atoms with E-state index in [0.29, 0.717) is 0 Å². The molecular weight excluding hydrogens is 164 g/mol. The van der Waals surface area contributed by atoms with Gasteiger partial charge in [-0.2, -0.15) is 0 Å². The van der Waals surface area contributed by atoms with Gasteiger partial charge in [-0.25, -0.2) is 0 Å². The fourth-order valence-electron chi connectivity index (χ4n) is 1.07. The summed E-state index contributed by atoms with van der Waals surface area (Å²) in [5, 5.41) is 0. The van der Waals surface area contributed by atoms with Crippen molar-refractivity contribution in [1.82, 2.24) is 0 Å². The molecule has 64 valence electrons. The van der Waals surface area contributed by atoms with Gasteiger partial charge in [0.05, 0.1) is 0 Å². The van der Waals surface area contributed by atoms with Crippen LogP contribution in [0.1, 0.15) is 19.3 Å². The van der Waals surface area contributed by atoms with Gasteiger partial charge in [-0.05, 0) is 12.1 Å². The van der Waals surface area contributed by atoms with Crippen LogP contribution in [0.2, 0.25) is 12.1 Å². The molecule has 0 radical (unpaired) electrons. The van der Waals surface area contributed by atoms with E-state index in [0.717, 1.165) is 19.3 Å². The second kappa shape index (κ2) is 4.71. The fraction of sp³-hybridized carbons (Fsp3) is 1.00. The van der Waals surface area contributed by atoms with Crippen LogP contribution in [0, 0.1) is 0 Å². The lowest BCUT2D eigenvalue weighted by atomic mass is 10.3. The van der Waals surface area contributed by atoms with Crippen LogP contribution in [-0.4, -0.2) is 8.74 Å². The molecule has 0 aliphatic carbocycles. The van der Waals surface area contributed by atoms with Gasteiger partial charge in [-0.15, -0.1) is 0 Å². The average molecular weight is 176 g/mol. The maximum atomic E-state index is 12.3. The summed E-state index contributed by atoms with van der Waals surface area (Å²) in [6.07, 6.45) is 2.58. The Hall–Kier alpha value is -0.0631. The molecule has 0 nitrogen and oxygen atoms in total. The highest BCUT2D eigenvalue weighted by Crippen LogP contribution is 2.29. The van der Waals surface area contributed by atoms with E-state index in [-0.39, 0.29) is 21.5 Å². The van der Waals surface area contributed by atoms with Crippen molar-refractivity contribution in [2.24, 2.45) is 0 Å². The number of hydrogen-bond acceptors (Lipinski definition) is 0. The zero-order chi connectivity index (χ0) is 6.04. The minimum Gasteiger partial charge on any atom is -0.270 e. The average Bonchev–Trinajstić information content (AvgIpc) is 1.65. The van der Waals surface area contributed by atoms with Crippen LogP contribution in [0.4, 0.5) is 17.6 Å². The first-order valence-corrected chi connectivity index (χ1v) is 5.26. The minimum atomic E-state index is -3.59. The number of rotatable bonds is 0. The molecule has 5 heteroatoms. The Balaban J connectivity index is 0. The van der Waals surface area contributed by atoms with Crippen molar-refractivity contribution in [3.05, 3.63) is 0 Å². The van der Waals surface area contributed by atoms with Gasteiger partial charge >= 0.3 is 8.74 Å². The normalized spacial score (nSPS) is 22.2. The number of halogens is 4. The van der Waals surface area contributed by atoms with Crippen molar-refractivity contribution in [2.45, 2.75) is 31.4 Å². The monoisotopic (exact) mass is 176 g/mol. The van der Waals surface area contributed by atoms with E-state index in [1.54, 1.807) is 0 Å². The highest BCUT2D eigenvalue weighted by molar-refractivity contribution is 6.66. The van der Waals surface area contributed by atoms with E-state index in [9.17, 15) is 8.22 Å². The minimum absolute atomic E-state index is 0. The molecule has 0 aromatic heterocycles. The maximum Gasteiger partial charge on any atom is 0.425 e. The molecule has 10 heavy (non-hydrogen) atoms. The van der Waals surface area contributed by atoms with E-state index in [4.69, 9.17) is 0 Å². The van der Waals surface area contributed by atoms with Gasteiger partial charge in [0.25, 0.3) is 0 Å². The largest absolute Gasteiger partial charge is 0.425 e. The lowest BCUT2D eigenvalue weighted by Crippen LogP contribution is -2.24. The van der Waals surface area contributed by atoms with Crippen molar-refractivity contribution >= 4 is 8.74 Å². The summed E-state index contributed by atoms with van der Waals surface area (Å²) in [6.45, 7) is 0. The molecule has 0 amide bonds. The van der Waals surface area contributed by atoms with E-state index in [2.05, 4.69) is 0 Å². The van der Waals surface area contributed by atoms with Crippen LogP contribution >= 0.6 is 0 Å². The van der Waals surface area contributed by atoms with Crippen LogP contribution in [0.15, 0.2) is 0 Å². The predicted molar refractivity (Wildman–Crippen MR) is 36.4 cm³/mol. The van der Waals surface area contributed by atoms with Crippen molar-refractivity contribution in [3.63, 3.8) is 0 Å². The van der Waals surface area contributed by atoms with Crippen molar-refractivity contribution in [2.75, 3.05) is 0 Å². The number of hydrogen-bond donors (Lipinski definition) is 0. The first-order valence-electron chi connectivity index (χ1n) is 3.09. The smallest absolute Gasteiger partial charge is 0.270 e. The first-order chi connectivity index (χ1) is 3.71. The van der Waals surface area contributed by atoms with E-state index >= 15 is 0 Å². The lowest BCUT2D eigenvalue weighted by Gasteiger charge is -2.16. The molecule has 0 N–H and O–H groups in total. The summed E-state index contributed by atoms with van der Waals surface area (Å²) in [4.78, 5) is 0. The lowest BCUT2D eigenvalue weighted by molar-refractivity contribution is 0.530. The highest BCUT2D eigenvalue weighted by Gasteiger charge is 2.36. The van der Waals surface area contributed by atoms with Crippen LogP contribution in [0.25, 0.3) is 0 Å². The Kier molecular flexibility index (Phi) is 5.93. The van der Waals surface area contributed by atoms with Gasteiger partial charge in [0, 0.05) is 0 Å². The van der Waals surface area contributed by atoms with Gasteiger partial charge in [0.15, 0.2) is 0 Å². The molecule has 1 saturated heterocycles. The zero-order valence-electron chi connectivity index (χ0n) is 5.61. The van der Waals surface area contributed by atoms with E-state index < -0.39 is 8.74 Å². The summed E-state index contributed by atoms with van der Waals surface area (Å²) in [6, 6.07) is 0.514. The summed E-state index contributed by atoms with van der Waals surface area (Å²) < 4.78 is 24.7. The molecule has 1 aliphatic rings. The van der Waals surface area contributed by atoms with Crippen LogP contribution in [0.5, 0.6) is 0 Å². The summed E-state index contributed by atoms with van der Waals surface area (Å²) in [5.41, 5.74) is 0. The van der Waals surface area contributed by atoms with Crippen LogP contribution in [0.3, 0.4) is 0 Å². The molecule has 0 bridgehead atoms. The third kappa shape index (κ3) is 3.87. The molecule has 0 saturated carbocycles. The molecule has 0 aromatic carbocycles. The topological polar surface area (TPSA) is 0 Å². The molecular formula is C5H12F4Si. The summed E-state index contributed by atoms with van der Waals surface area (Å²) in [7, 11) is -3.59. The highest BCUT2D eigenvalue weighted by atomic mass is 28.4. The standard InChI is InChI=1S/C5H10F2Si.2FH/c6-8(7)4-2-1-3-5-8;;/h1-5H2;2*1H.